The molecule has 0 heterocycles. The van der Waals surface area contributed by atoms with Crippen molar-refractivity contribution in [1.29, 1.82) is 0 Å². The molecule has 0 fully saturated rings. The number of benzene rings is 6. The van der Waals surface area contributed by atoms with Gasteiger partial charge in [0.15, 0.2) is 0 Å². The molecule has 0 aliphatic carbocycles. The maximum atomic E-state index is 13.3. The summed E-state index contributed by atoms with van der Waals surface area (Å²) in [5.74, 6) is -1.65. The Hall–Kier alpha value is -3.22. The molecule has 0 saturated carbocycles. The van der Waals surface area contributed by atoms with Gasteiger partial charge in [-0.2, -0.15) is 25.3 Å². The van der Waals surface area contributed by atoms with Gasteiger partial charge >= 0.3 is 88.7 Å². The number of nitrogens with one attached hydrogen (secondary N) is 1. The van der Waals surface area contributed by atoms with Crippen LogP contribution in [0, 0.1) is 0 Å². The van der Waals surface area contributed by atoms with Crippen LogP contribution in [0.1, 0.15) is 11.1 Å². The van der Waals surface area contributed by atoms with Crippen molar-refractivity contribution < 1.29 is 143 Å². The summed E-state index contributed by atoms with van der Waals surface area (Å²) in [6.07, 6.45) is 0. The number of nitrogens with zero attached hydrogens (tertiary/aromatic N) is 3. The molecule has 0 bridgehead atoms. The summed E-state index contributed by atoms with van der Waals surface area (Å²) in [4.78, 5) is 8.58. The van der Waals surface area contributed by atoms with Crippen LogP contribution in [0.2, 0.25) is 0 Å². The van der Waals surface area contributed by atoms with Gasteiger partial charge in [0.25, 0.3) is 30.4 Å². The molecule has 0 spiro atoms. The van der Waals surface area contributed by atoms with Gasteiger partial charge in [-0.15, -0.1) is 0 Å². The van der Waals surface area contributed by atoms with Crippen molar-refractivity contribution in [3.8, 4) is 0 Å². The van der Waals surface area contributed by atoms with Gasteiger partial charge in [-0.3, -0.25) is 23.6 Å². The Morgan fingerprint density at radius 2 is 1.11 bits per heavy atom. The average molecular weight is 857 g/mol. The van der Waals surface area contributed by atoms with Crippen LogP contribution in [0.25, 0.3) is 21.5 Å². The Balaban J connectivity index is 0.00000290. The van der Waals surface area contributed by atoms with Crippen LogP contribution >= 0.6 is 0 Å². The van der Waals surface area contributed by atoms with Crippen LogP contribution < -0.4 is 109 Å². The summed E-state index contributed by atoms with van der Waals surface area (Å²) in [7, 11) is -15.7. The van der Waals surface area contributed by atoms with Crippen molar-refractivity contribution in [3.05, 3.63) is 126 Å². The minimum atomic E-state index is -5.38. The number of anilines is 1. The quantitative estimate of drug-likeness (QED) is 0.0457. The van der Waals surface area contributed by atoms with Gasteiger partial charge in [0.1, 0.15) is 9.79 Å². The molecular formula is C35H23N4Na3O12S3. The van der Waals surface area contributed by atoms with Crippen molar-refractivity contribution in [2.45, 2.75) is 14.7 Å². The smallest absolute Gasteiger partial charge is 0.858 e. The molecule has 0 aliphatic heterocycles. The normalized spacial score (nSPS) is 12.6. The van der Waals surface area contributed by atoms with E-state index >= 15 is 0 Å². The maximum Gasteiger partial charge on any atom is 1.00 e. The first kappa shape index (κ1) is 48.2. The Morgan fingerprint density at radius 1 is 0.526 bits per heavy atom. The topological polar surface area (TPSA) is 281 Å². The van der Waals surface area contributed by atoms with Crippen molar-refractivity contribution in [1.82, 2.24) is 0 Å². The second-order valence-corrected chi connectivity index (χ2v) is 15.6. The summed E-state index contributed by atoms with van der Waals surface area (Å²) in [6.45, 7) is 0. The molecule has 276 valence electrons. The minimum Gasteiger partial charge on any atom is -0.858 e. The van der Waals surface area contributed by atoms with E-state index in [1.807, 2.05) is 30.3 Å². The van der Waals surface area contributed by atoms with Crippen molar-refractivity contribution in [3.63, 3.8) is 0 Å². The molecule has 22 heteroatoms. The van der Waals surface area contributed by atoms with Gasteiger partial charge in [-0.05, 0) is 82.9 Å². The molecule has 0 unspecified atom stereocenters. The minimum absolute atomic E-state index is 0. The van der Waals surface area contributed by atoms with Crippen LogP contribution in [0.4, 0.5) is 22.7 Å². The van der Waals surface area contributed by atoms with E-state index < -0.39 is 79.3 Å². The maximum absolute atomic E-state index is 13.3. The van der Waals surface area contributed by atoms with E-state index in [2.05, 4.69) is 20.3 Å². The molecule has 0 amide bonds. The molecule has 0 aromatic heterocycles. The Kier molecular flexibility index (Phi) is 16.2. The fourth-order valence-electron chi connectivity index (χ4n) is 5.41. The molecule has 6 aromatic rings. The second-order valence-electron chi connectivity index (χ2n) is 11.4. The van der Waals surface area contributed by atoms with Crippen LogP contribution in [0.15, 0.2) is 145 Å². The molecular weight excluding hydrogens is 834 g/mol. The van der Waals surface area contributed by atoms with Crippen molar-refractivity contribution >= 4 is 92.5 Å². The number of amidine groups is 1. The zero-order valence-electron chi connectivity index (χ0n) is 30.1. The van der Waals surface area contributed by atoms with Crippen LogP contribution in [-0.4, -0.2) is 56.7 Å². The fourth-order valence-corrected chi connectivity index (χ4v) is 7.44. The zero-order chi connectivity index (χ0) is 39.0. The summed E-state index contributed by atoms with van der Waals surface area (Å²) >= 11 is 0. The van der Waals surface area contributed by atoms with E-state index in [0.717, 1.165) is 16.8 Å². The van der Waals surface area contributed by atoms with Crippen molar-refractivity contribution in [2.24, 2.45) is 15.0 Å². The van der Waals surface area contributed by atoms with Gasteiger partial charge in [-0.1, -0.05) is 60.7 Å². The number of hydrogen-bond donors (Lipinski definition) is 4. The summed E-state index contributed by atoms with van der Waals surface area (Å²) in [5.41, 5.74) is 0.0163. The van der Waals surface area contributed by atoms with E-state index in [9.17, 15) is 54.2 Å². The summed E-state index contributed by atoms with van der Waals surface area (Å²) in [5, 5.41) is 41.7. The summed E-state index contributed by atoms with van der Waals surface area (Å²) < 4.78 is 102. The molecule has 0 aliphatic rings. The molecule has 0 atom stereocenters. The molecule has 57 heavy (non-hydrogen) atoms. The predicted octanol–water partition coefficient (Wildman–Crippen LogP) is -5.92. The Labute approximate surface area is 392 Å². The first-order valence-corrected chi connectivity index (χ1v) is 19.5. The standard InChI is InChI=1S/C35H26N4O12S3.3Na/c40-33(38-28-13-5-7-20-6-1-2-12-26(20)28)21-8-3-10-23(16-21)36-35(42)37-24-11-4-9-22(17-24)34(41)39-29-14-15-30(53(46,47)48)27-18-25(52(43,44)45)19-31(32(27)29)54(49,50)51;;;/h1-19H,(H,38,40)(H,39,41)(H2,36,37,42)(H,43,44,45)(H,46,47,48)(H,49,50,51);;;/q;3*+1/p-3. The molecule has 16 nitrogen and oxygen atoms in total. The first-order chi connectivity index (χ1) is 25.4. The van der Waals surface area contributed by atoms with Gasteiger partial charge in [0.2, 0.25) is 0 Å². The molecule has 4 N–H and O–H groups in total. The fraction of sp³-hybridized carbons (Fsp3) is 0. The van der Waals surface area contributed by atoms with Crippen LogP contribution in [-0.2, 0) is 30.4 Å². The monoisotopic (exact) mass is 856 g/mol. The van der Waals surface area contributed by atoms with E-state index in [4.69, 9.17) is 0 Å². The number of hydrogen-bond acceptors (Lipinski definition) is 12. The Morgan fingerprint density at radius 3 is 1.75 bits per heavy atom. The number of rotatable bonds is 9. The van der Waals surface area contributed by atoms with E-state index in [0.29, 0.717) is 23.9 Å². The van der Waals surface area contributed by atoms with E-state index in [1.165, 1.54) is 48.5 Å². The third-order valence-electron chi connectivity index (χ3n) is 7.74. The third-order valence-corrected chi connectivity index (χ3v) is 10.4. The molecule has 6 aromatic carbocycles. The van der Waals surface area contributed by atoms with Gasteiger partial charge in [0.05, 0.1) is 28.0 Å². The summed E-state index contributed by atoms with van der Waals surface area (Å²) in [6, 6.07) is 25.3. The predicted molar refractivity (Wildman–Crippen MR) is 193 cm³/mol. The van der Waals surface area contributed by atoms with Crippen molar-refractivity contribution in [2.75, 3.05) is 5.32 Å². The van der Waals surface area contributed by atoms with Gasteiger partial charge in [-0.25, -0.2) is 4.99 Å². The average Bonchev–Trinajstić information content (AvgIpc) is 3.10. The first-order valence-electron chi connectivity index (χ1n) is 15.1. The van der Waals surface area contributed by atoms with Crippen LogP contribution in [0.3, 0.4) is 0 Å². The van der Waals surface area contributed by atoms with E-state index in [-0.39, 0.29) is 111 Å². The van der Waals surface area contributed by atoms with E-state index in [1.54, 1.807) is 12.1 Å². The molecule has 0 radical (unpaired) electrons. The SMILES string of the molecule is O=S(=O)(O)c1cc(S(=O)(=O)O)c2c(N=C([O-])c3cccc(NC([O-])=Nc4cccc(C([O-])=Nc5cccc6ccccc56)c4)c3)ccc(S(=O)(=O)O)c2c1.[Na+].[Na+].[Na+]. The van der Waals surface area contributed by atoms with Gasteiger partial charge < -0.3 is 20.6 Å². The second kappa shape index (κ2) is 19.2. The largest absolute Gasteiger partial charge is 1.00 e. The van der Waals surface area contributed by atoms with Crippen LogP contribution in [0.5, 0.6) is 0 Å². The molecule has 0 saturated heterocycles. The third kappa shape index (κ3) is 11.5. The van der Waals surface area contributed by atoms with Gasteiger partial charge in [0, 0.05) is 21.8 Å². The molecule has 6 rings (SSSR count). The zero-order valence-corrected chi connectivity index (χ0v) is 38.5. The Bertz CT molecular complexity index is 2940. The number of aliphatic imine (C=N–C) groups is 3. The number of fused-ring (bicyclic) bond motifs is 2.